The molecule has 1 N–H and O–H groups in total. The van der Waals surface area contributed by atoms with Crippen molar-refractivity contribution < 1.29 is 9.59 Å². The molecule has 5 rings (SSSR count). The highest BCUT2D eigenvalue weighted by Crippen LogP contribution is 2.42. The summed E-state index contributed by atoms with van der Waals surface area (Å²) in [6, 6.07) is 6.41. The van der Waals surface area contributed by atoms with Gasteiger partial charge in [0.15, 0.2) is 5.01 Å². The minimum atomic E-state index is -0.148. The predicted molar refractivity (Wildman–Crippen MR) is 178 cm³/mol. The standard InChI is InChI=1S/C35H44N6O2S/c1-21-15-27(24-11-13-41(14-12-24)34(43)40(7)8)17-28-30(23(21)3)31(39-20-38-28)25-9-10-26(22(2)16-25)18-36-32(42)33-37-19-29(44-33)35(4,5)6/h9-11,16-17,19-21,23H,12-15,18H2,1-8H3,(H,36,42). The van der Waals surface area contributed by atoms with Gasteiger partial charge in [-0.2, -0.15) is 0 Å². The van der Waals surface area contributed by atoms with Crippen LogP contribution in [0.3, 0.4) is 0 Å². The number of nitrogens with zero attached hydrogens (tertiary/aromatic N) is 5. The summed E-state index contributed by atoms with van der Waals surface area (Å²) in [6.45, 7) is 14.8. The van der Waals surface area contributed by atoms with E-state index in [0.717, 1.165) is 52.3 Å². The van der Waals surface area contributed by atoms with Crippen LogP contribution in [-0.4, -0.2) is 63.9 Å². The Kier molecular flexibility index (Phi) is 9.07. The lowest BCUT2D eigenvalue weighted by Gasteiger charge is -2.30. The molecule has 1 aliphatic carbocycles. The first-order valence-corrected chi connectivity index (χ1v) is 16.2. The molecule has 2 unspecified atom stereocenters. The molecule has 2 atom stereocenters. The molecule has 1 aromatic carbocycles. The largest absolute Gasteiger partial charge is 0.346 e. The maximum Gasteiger partial charge on any atom is 0.319 e. The van der Waals surface area contributed by atoms with E-state index in [4.69, 9.17) is 9.97 Å². The summed E-state index contributed by atoms with van der Waals surface area (Å²) in [5.41, 5.74) is 8.91. The number of carbonyl (C=O) groups is 2. The Labute approximate surface area is 265 Å². The van der Waals surface area contributed by atoms with Crippen molar-refractivity contribution in [2.45, 2.75) is 72.3 Å². The summed E-state index contributed by atoms with van der Waals surface area (Å²) in [4.78, 5) is 43.8. The van der Waals surface area contributed by atoms with Gasteiger partial charge >= 0.3 is 6.03 Å². The third-order valence-corrected chi connectivity index (χ3v) is 10.3. The van der Waals surface area contributed by atoms with Crippen LogP contribution >= 0.6 is 11.3 Å². The topological polar surface area (TPSA) is 91.3 Å². The van der Waals surface area contributed by atoms with Crippen LogP contribution in [0.25, 0.3) is 17.3 Å². The molecule has 0 radical (unpaired) electrons. The van der Waals surface area contributed by atoms with Crippen LogP contribution in [-0.2, 0) is 12.0 Å². The Morgan fingerprint density at radius 2 is 1.89 bits per heavy atom. The Bertz CT molecular complexity index is 1630. The van der Waals surface area contributed by atoms with E-state index >= 15 is 0 Å². The molecule has 0 fully saturated rings. The van der Waals surface area contributed by atoms with Crippen molar-refractivity contribution in [3.05, 3.63) is 80.2 Å². The minimum Gasteiger partial charge on any atom is -0.346 e. The third kappa shape index (κ3) is 6.62. The van der Waals surface area contributed by atoms with Gasteiger partial charge in [0.05, 0.1) is 11.4 Å². The van der Waals surface area contributed by atoms with Gasteiger partial charge in [-0.15, -0.1) is 11.3 Å². The number of amides is 3. The number of hydrogen-bond acceptors (Lipinski definition) is 6. The van der Waals surface area contributed by atoms with Crippen molar-refractivity contribution in [2.75, 3.05) is 27.2 Å². The number of allylic oxidation sites excluding steroid dienone is 1. The molecule has 2 aliphatic rings. The summed E-state index contributed by atoms with van der Waals surface area (Å²) in [5, 5.41) is 3.54. The molecule has 0 saturated carbocycles. The Morgan fingerprint density at radius 3 is 2.52 bits per heavy atom. The van der Waals surface area contributed by atoms with Crippen molar-refractivity contribution in [1.82, 2.24) is 30.1 Å². The van der Waals surface area contributed by atoms with Crippen LogP contribution in [0.4, 0.5) is 4.79 Å². The first-order chi connectivity index (χ1) is 20.8. The van der Waals surface area contributed by atoms with Gasteiger partial charge in [-0.05, 0) is 71.4 Å². The lowest BCUT2D eigenvalue weighted by Crippen LogP contribution is -2.41. The molecule has 9 heteroatoms. The van der Waals surface area contributed by atoms with E-state index in [1.807, 2.05) is 4.90 Å². The Hall–Kier alpha value is -3.85. The van der Waals surface area contributed by atoms with Crippen LogP contribution in [0.2, 0.25) is 0 Å². The van der Waals surface area contributed by atoms with Gasteiger partial charge in [0.1, 0.15) is 6.33 Å². The van der Waals surface area contributed by atoms with Crippen molar-refractivity contribution in [2.24, 2.45) is 5.92 Å². The molecule has 2 aromatic heterocycles. The molecule has 3 heterocycles. The van der Waals surface area contributed by atoms with E-state index in [9.17, 15) is 9.59 Å². The number of urea groups is 1. The SMILES string of the molecule is Cc1cc(-c2ncnc3c2C(C)C(C)CC(C2=CCN(C(=O)N(C)C)CC2)=C3)ccc1CNC(=O)c1ncc(C(C)(C)C)s1. The van der Waals surface area contributed by atoms with E-state index < -0.39 is 0 Å². The molecule has 44 heavy (non-hydrogen) atoms. The average Bonchev–Trinajstić information content (AvgIpc) is 3.46. The summed E-state index contributed by atoms with van der Waals surface area (Å²) in [5.74, 6) is 0.516. The molecule has 232 valence electrons. The van der Waals surface area contributed by atoms with Gasteiger partial charge < -0.3 is 15.1 Å². The van der Waals surface area contributed by atoms with E-state index in [1.54, 1.807) is 31.5 Å². The number of aromatic nitrogens is 3. The van der Waals surface area contributed by atoms with Crippen molar-refractivity contribution in [1.29, 1.82) is 0 Å². The lowest BCUT2D eigenvalue weighted by molar-refractivity contribution is 0.0950. The Morgan fingerprint density at radius 1 is 1.11 bits per heavy atom. The van der Waals surface area contributed by atoms with Gasteiger partial charge in [0, 0.05) is 55.9 Å². The number of carbonyl (C=O) groups excluding carboxylic acids is 2. The maximum atomic E-state index is 12.8. The maximum absolute atomic E-state index is 12.8. The second kappa shape index (κ2) is 12.6. The van der Waals surface area contributed by atoms with Gasteiger partial charge in [-0.1, -0.05) is 52.8 Å². The summed E-state index contributed by atoms with van der Waals surface area (Å²) in [7, 11) is 3.59. The summed E-state index contributed by atoms with van der Waals surface area (Å²) in [6.07, 6.45) is 9.73. The fourth-order valence-electron chi connectivity index (χ4n) is 5.89. The highest BCUT2D eigenvalue weighted by Gasteiger charge is 2.29. The summed E-state index contributed by atoms with van der Waals surface area (Å²) >= 11 is 1.45. The highest BCUT2D eigenvalue weighted by atomic mass is 32.1. The minimum absolute atomic E-state index is 0.0307. The fourth-order valence-corrected chi connectivity index (χ4v) is 6.79. The number of thiazole rings is 1. The second-order valence-corrected chi connectivity index (χ2v) is 14.4. The van der Waals surface area contributed by atoms with E-state index in [2.05, 4.69) is 82.2 Å². The molecule has 1 aliphatic heterocycles. The number of aryl methyl sites for hydroxylation is 1. The molecule has 0 saturated heterocycles. The number of fused-ring (bicyclic) bond motifs is 1. The molecule has 3 amide bonds. The zero-order valence-corrected chi connectivity index (χ0v) is 28.0. The van der Waals surface area contributed by atoms with Crippen LogP contribution in [0.15, 0.2) is 47.9 Å². The Balaban J connectivity index is 1.37. The van der Waals surface area contributed by atoms with E-state index in [-0.39, 0.29) is 23.3 Å². The van der Waals surface area contributed by atoms with Gasteiger partial charge in [0.2, 0.25) is 0 Å². The number of rotatable bonds is 5. The normalized spacial score (nSPS) is 18.6. The zero-order chi connectivity index (χ0) is 31.8. The van der Waals surface area contributed by atoms with Crippen LogP contribution in [0.5, 0.6) is 0 Å². The molecule has 8 nitrogen and oxygen atoms in total. The predicted octanol–water partition coefficient (Wildman–Crippen LogP) is 6.98. The fraction of sp³-hybridized carbons (Fsp3) is 0.457. The molecular weight excluding hydrogens is 568 g/mol. The van der Waals surface area contributed by atoms with Crippen molar-refractivity contribution >= 4 is 29.4 Å². The molecular formula is C35H44N6O2S. The lowest BCUT2D eigenvalue weighted by atomic mass is 9.83. The number of hydrogen-bond donors (Lipinski definition) is 1. The van der Waals surface area contributed by atoms with E-state index in [1.165, 1.54) is 28.0 Å². The van der Waals surface area contributed by atoms with Crippen LogP contribution in [0, 0.1) is 12.8 Å². The van der Waals surface area contributed by atoms with Gasteiger partial charge in [0.25, 0.3) is 5.91 Å². The van der Waals surface area contributed by atoms with Crippen LogP contribution < -0.4 is 5.32 Å². The quantitative estimate of drug-likeness (QED) is 0.336. The highest BCUT2D eigenvalue weighted by molar-refractivity contribution is 7.13. The number of benzene rings is 1. The number of nitrogens with one attached hydrogen (secondary N) is 1. The van der Waals surface area contributed by atoms with Gasteiger partial charge in [-0.25, -0.2) is 19.7 Å². The van der Waals surface area contributed by atoms with Crippen molar-refractivity contribution in [3.63, 3.8) is 0 Å². The van der Waals surface area contributed by atoms with Gasteiger partial charge in [-0.3, -0.25) is 4.79 Å². The smallest absolute Gasteiger partial charge is 0.319 e. The second-order valence-electron chi connectivity index (χ2n) is 13.4. The van der Waals surface area contributed by atoms with Crippen molar-refractivity contribution in [3.8, 4) is 11.3 Å². The third-order valence-electron chi connectivity index (χ3n) is 8.85. The summed E-state index contributed by atoms with van der Waals surface area (Å²) < 4.78 is 0. The monoisotopic (exact) mass is 612 g/mol. The van der Waals surface area contributed by atoms with E-state index in [0.29, 0.717) is 24.0 Å². The first kappa shape index (κ1) is 31.6. The molecule has 0 spiro atoms. The zero-order valence-electron chi connectivity index (χ0n) is 27.2. The first-order valence-electron chi connectivity index (χ1n) is 15.4. The average molecular weight is 613 g/mol. The van der Waals surface area contributed by atoms with Crippen LogP contribution in [0.1, 0.15) is 90.4 Å². The molecule has 0 bridgehead atoms. The molecule has 3 aromatic rings.